The quantitative estimate of drug-likeness (QED) is 0.0153. The zero-order valence-corrected chi connectivity index (χ0v) is 59.5. The molecule has 0 radical (unpaired) electrons. The van der Waals surface area contributed by atoms with Crippen molar-refractivity contribution in [1.82, 2.24) is 40.4 Å². The summed E-state index contributed by atoms with van der Waals surface area (Å²) in [6.45, 7) is 18.7. The summed E-state index contributed by atoms with van der Waals surface area (Å²) in [5.74, 6) is -5.73. The number of nitrogens with two attached hydrogens (primary N) is 1. The van der Waals surface area contributed by atoms with Crippen LogP contribution in [0.25, 0.3) is 44.6 Å². The lowest BCUT2D eigenvalue weighted by Gasteiger charge is -2.31. The van der Waals surface area contributed by atoms with E-state index in [1.165, 1.54) is 19.1 Å². The topological polar surface area (TPSA) is 358 Å². The molecule has 4 aliphatic heterocycles. The van der Waals surface area contributed by atoms with Crippen molar-refractivity contribution in [3.8, 4) is 22.8 Å². The lowest BCUT2D eigenvalue weighted by Crippen LogP contribution is -2.46. The fraction of sp³-hybridized carbons (Fsp3) is 0.514. The Bertz CT molecular complexity index is 4150. The number of nitrogens with one attached hydrogen (secondary N) is 4. The second-order valence-corrected chi connectivity index (χ2v) is 26.9. The van der Waals surface area contributed by atoms with Crippen molar-refractivity contribution in [2.75, 3.05) is 33.8 Å². The number of aromatic nitrogens is 4. The number of rotatable bonds is 28. The van der Waals surface area contributed by atoms with Crippen molar-refractivity contribution < 1.29 is 82.1 Å². The van der Waals surface area contributed by atoms with Crippen molar-refractivity contribution >= 4 is 68.9 Å². The van der Waals surface area contributed by atoms with Gasteiger partial charge in [-0.1, -0.05) is 41.5 Å². The number of fused-ring (bicyclic) bond motifs is 10. The van der Waals surface area contributed by atoms with E-state index < -0.39 is 77.8 Å². The highest BCUT2D eigenvalue weighted by Crippen LogP contribution is 2.43. The van der Waals surface area contributed by atoms with Crippen LogP contribution >= 0.6 is 0 Å². The summed E-state index contributed by atoms with van der Waals surface area (Å²) in [5, 5.41) is 34.5. The van der Waals surface area contributed by atoms with Gasteiger partial charge in [-0.05, 0) is 133 Å². The first-order chi connectivity index (χ1) is 48.8. The summed E-state index contributed by atoms with van der Waals surface area (Å²) in [5.41, 5.74) is 8.99. The van der Waals surface area contributed by atoms with Gasteiger partial charge < -0.3 is 65.3 Å². The SMILES string of the molecule is CC[C@@]1(O)C(=O)OCc2c1cc1n(c2=O)Cc2c-1nc1cc(F)c(C)cc1c2CCCCOCNC(=O)[C@H](C)CC(=O)[C@H](C)NC(=O)C(C)C.CC[C@@]1(O)C(=O)OCc2c1cc1n(c2=O)Cc2c-1nc1cc(F)c(C)cc1c2CCCCOCNC(=O)[C@H](C)CC(=O)[C@H](C)NC(=O)[C@H](C)N.[2H]CF. The molecule has 0 fully saturated rings. The summed E-state index contributed by atoms with van der Waals surface area (Å²) < 4.78 is 69.8. The first-order valence-corrected chi connectivity index (χ1v) is 34.3. The van der Waals surface area contributed by atoms with Crippen molar-refractivity contribution in [2.45, 2.75) is 196 Å². The number of ether oxygens (including phenoxy) is 4. The molecule has 7 atom stereocenters. The van der Waals surface area contributed by atoms with E-state index in [0.717, 1.165) is 33.0 Å². The number of carbonyl (C=O) groups excluding carboxylic acids is 8. The summed E-state index contributed by atoms with van der Waals surface area (Å²) >= 11 is 0. The van der Waals surface area contributed by atoms with Gasteiger partial charge in [-0.15, -0.1) is 0 Å². The number of nitrogens with zero attached hydrogens (tertiary/aromatic N) is 4. The van der Waals surface area contributed by atoms with Crippen LogP contribution in [0.15, 0.2) is 46.0 Å². The molecule has 0 saturated heterocycles. The molecule has 102 heavy (non-hydrogen) atoms. The Hall–Kier alpha value is -9.09. The van der Waals surface area contributed by atoms with Gasteiger partial charge >= 0.3 is 11.9 Å². The number of carbonyl (C=O) groups is 8. The van der Waals surface area contributed by atoms with E-state index in [4.69, 9.17) is 36.0 Å². The van der Waals surface area contributed by atoms with Crippen LogP contribution in [0.4, 0.5) is 13.2 Å². The Labute approximate surface area is 589 Å². The third kappa shape index (κ3) is 16.5. The lowest BCUT2D eigenvalue weighted by atomic mass is 9.86. The van der Waals surface area contributed by atoms with Gasteiger partial charge in [0.05, 0.1) is 84.7 Å². The average Bonchev–Trinajstić information content (AvgIpc) is 1.62. The van der Waals surface area contributed by atoms with Crippen LogP contribution in [0.5, 0.6) is 0 Å². The van der Waals surface area contributed by atoms with Crippen molar-refractivity contribution in [1.29, 1.82) is 0 Å². The van der Waals surface area contributed by atoms with Gasteiger partial charge in [0.25, 0.3) is 11.1 Å². The molecule has 4 amide bonds. The number of amides is 4. The van der Waals surface area contributed by atoms with Gasteiger partial charge in [-0.25, -0.2) is 28.3 Å². The molecule has 0 aliphatic carbocycles. The number of pyridine rings is 4. The first kappa shape index (κ1) is 77.1. The molecular weight excluding hydrogens is 1330 g/mol. The minimum atomic E-state index is -1.95. The van der Waals surface area contributed by atoms with Gasteiger partial charge in [-0.2, -0.15) is 0 Å². The van der Waals surface area contributed by atoms with E-state index in [1.807, 2.05) is 0 Å². The monoisotopic (exact) mass is 1420 g/mol. The number of Topliss-reactive ketones (excluding diaryl/α,β-unsaturated/α-hetero) is 2. The largest absolute Gasteiger partial charge is 0.458 e. The second-order valence-electron chi connectivity index (χ2n) is 26.9. The molecule has 8 N–H and O–H groups in total. The highest BCUT2D eigenvalue weighted by molar-refractivity contribution is 5.95. The summed E-state index contributed by atoms with van der Waals surface area (Å²) in [6, 6.07) is 7.39. The molecule has 6 aromatic rings. The number of cyclic esters (lactones) is 2. The molecule has 28 heteroatoms. The molecule has 550 valence electrons. The van der Waals surface area contributed by atoms with Gasteiger partial charge in [0.2, 0.25) is 23.6 Å². The number of alkyl halides is 1. The number of unbranched alkanes of at least 4 members (excludes halogenated alkanes) is 2. The van der Waals surface area contributed by atoms with E-state index in [9.17, 15) is 71.3 Å². The van der Waals surface area contributed by atoms with Crippen LogP contribution in [0.3, 0.4) is 0 Å². The number of aryl methyl sites for hydroxylation is 4. The average molecular weight is 1420 g/mol. The van der Waals surface area contributed by atoms with Crippen LogP contribution in [-0.4, -0.2) is 128 Å². The van der Waals surface area contributed by atoms with Gasteiger partial charge in [0.15, 0.2) is 22.8 Å². The van der Waals surface area contributed by atoms with E-state index >= 15 is 0 Å². The third-order valence-electron chi connectivity index (χ3n) is 19.3. The highest BCUT2D eigenvalue weighted by atomic mass is 19.1. The van der Waals surface area contributed by atoms with Gasteiger partial charge in [0.1, 0.15) is 38.3 Å². The zero-order chi connectivity index (χ0) is 75.7. The van der Waals surface area contributed by atoms with Crippen LogP contribution < -0.4 is 38.1 Å². The standard InChI is InChI=1S/C37H45FN4O8.C36H44FN5O8.CH3F/c1-7-37(48)27-14-30-32-25(16-42(30)35(46)26(27)17-50-36(37)47)23(24-12-20(4)28(38)15-29(24)41-32)10-8-9-11-49-18-39-34(45)21(5)13-31(43)22(6)40-33(44)19(2)3;1-6-36(48)26-13-29-31-24(15-42(29)34(46)25(26)16-50-35(36)47)22(23-11-18(2)27(37)14-28(23)41-31)9-7-8-10-49-17-39-32(44)19(3)12-30(43)21(5)40-33(45)20(4)38;1-2/h12,14-15,19,21-22,48H,7-11,13,16-18H2,1-6H3,(H,39,45)(H,40,44);11,13-14,19-21,48H,6-10,12,15-17,38H2,1-5H3,(H,39,44)(H,40,45);1H3/t21-,22+,37+;19-,20+,21+,36+;/m11./s1/i;;1D. The maximum atomic E-state index is 14.8. The van der Waals surface area contributed by atoms with Crippen LogP contribution in [-0.2, 0) is 108 Å². The van der Waals surface area contributed by atoms with Gasteiger partial charge in [0, 0.05) is 89.0 Å². The maximum Gasteiger partial charge on any atom is 0.343 e. The van der Waals surface area contributed by atoms with Crippen LogP contribution in [0.2, 0.25) is 0 Å². The van der Waals surface area contributed by atoms with Crippen molar-refractivity contribution in [3.05, 3.63) is 124 Å². The number of ketones is 2. The Balaban J connectivity index is 0.000000252. The molecule has 10 rings (SSSR count). The first-order valence-electron chi connectivity index (χ1n) is 35.0. The smallest absolute Gasteiger partial charge is 0.343 e. The molecule has 2 aromatic carbocycles. The molecule has 4 aromatic heterocycles. The number of aliphatic hydroxyl groups is 2. The maximum absolute atomic E-state index is 14.8. The van der Waals surface area contributed by atoms with Crippen molar-refractivity contribution in [2.24, 2.45) is 23.5 Å². The molecule has 0 bridgehead atoms. The minimum absolute atomic E-state index is 0.0110. The second kappa shape index (κ2) is 33.4. The third-order valence-corrected chi connectivity index (χ3v) is 19.3. The summed E-state index contributed by atoms with van der Waals surface area (Å²) in [6.07, 6.45) is 3.76. The lowest BCUT2D eigenvalue weighted by molar-refractivity contribution is -0.172. The van der Waals surface area contributed by atoms with Gasteiger partial charge in [-0.3, -0.25) is 42.7 Å². The van der Waals surface area contributed by atoms with Crippen LogP contribution in [0.1, 0.15) is 171 Å². The van der Waals surface area contributed by atoms with E-state index in [-0.39, 0.29) is 134 Å². The Morgan fingerprint density at radius 1 is 0.608 bits per heavy atom. The summed E-state index contributed by atoms with van der Waals surface area (Å²) in [4.78, 5) is 136. The number of halogens is 3. The molecule has 0 spiro atoms. The van der Waals surface area contributed by atoms with E-state index in [0.29, 0.717) is 96.7 Å². The predicted octanol–water partition coefficient (Wildman–Crippen LogP) is 6.67. The van der Waals surface area contributed by atoms with Crippen molar-refractivity contribution in [3.63, 3.8) is 0 Å². The normalized spacial score (nSPS) is 17.6. The minimum Gasteiger partial charge on any atom is -0.458 e. The molecule has 0 unspecified atom stereocenters. The molecule has 25 nitrogen and oxygen atoms in total. The predicted molar refractivity (Wildman–Crippen MR) is 371 cm³/mol. The summed E-state index contributed by atoms with van der Waals surface area (Å²) in [7, 11) is -1.00. The Morgan fingerprint density at radius 2 is 0.990 bits per heavy atom. The Kier molecular flexibility index (Phi) is 25.2. The van der Waals surface area contributed by atoms with Crippen LogP contribution in [0, 0.1) is 43.2 Å². The fourth-order valence-corrected chi connectivity index (χ4v) is 12.9. The number of benzene rings is 2. The molecule has 8 heterocycles. The van der Waals surface area contributed by atoms with E-state index in [1.54, 1.807) is 103 Å². The molecule has 4 aliphatic rings. The fourth-order valence-electron chi connectivity index (χ4n) is 12.9. The van der Waals surface area contributed by atoms with E-state index in [2.05, 4.69) is 21.3 Å². The number of hydrogen-bond donors (Lipinski definition) is 7. The molecule has 0 saturated carbocycles. The number of esters is 2. The Morgan fingerprint density at radius 3 is 1.35 bits per heavy atom. The number of hydrogen-bond acceptors (Lipinski definition) is 19. The highest BCUT2D eigenvalue weighted by Gasteiger charge is 2.47. The zero-order valence-electron chi connectivity index (χ0n) is 60.5. The molecular formula is C74H92F3N9O16.